The molecule has 7 nitrogen and oxygen atoms in total. The minimum atomic E-state index is -3.59. The Morgan fingerprint density at radius 1 is 1.21 bits per heavy atom. The molecule has 0 radical (unpaired) electrons. The van der Waals surface area contributed by atoms with Crippen molar-refractivity contribution in [1.29, 1.82) is 0 Å². The van der Waals surface area contributed by atoms with Gasteiger partial charge in [-0.2, -0.15) is 20.7 Å². The molecule has 24 heavy (non-hydrogen) atoms. The van der Waals surface area contributed by atoms with Crippen LogP contribution in [-0.4, -0.2) is 59.5 Å². The Morgan fingerprint density at radius 3 is 2.38 bits per heavy atom. The van der Waals surface area contributed by atoms with E-state index in [-0.39, 0.29) is 10.8 Å². The number of rotatable bonds is 3. The zero-order valence-electron chi connectivity index (χ0n) is 13.9. The third-order valence-electron chi connectivity index (χ3n) is 4.33. The van der Waals surface area contributed by atoms with Crippen molar-refractivity contribution in [2.24, 2.45) is 7.05 Å². The molecule has 2 aromatic heterocycles. The highest BCUT2D eigenvalue weighted by molar-refractivity contribution is 7.89. The van der Waals surface area contributed by atoms with Crippen LogP contribution >= 0.6 is 11.3 Å². The highest BCUT2D eigenvalue weighted by atomic mass is 32.2. The van der Waals surface area contributed by atoms with E-state index in [9.17, 15) is 13.2 Å². The van der Waals surface area contributed by atoms with Gasteiger partial charge in [-0.15, -0.1) is 0 Å². The molecule has 3 heterocycles. The van der Waals surface area contributed by atoms with Gasteiger partial charge in [-0.25, -0.2) is 8.42 Å². The molecule has 0 aliphatic carbocycles. The van der Waals surface area contributed by atoms with E-state index in [1.165, 1.54) is 15.6 Å². The molecule has 130 valence electrons. The van der Waals surface area contributed by atoms with Crippen LogP contribution < -0.4 is 0 Å². The zero-order chi connectivity index (χ0) is 17.5. The number of aromatic nitrogens is 2. The first-order valence-corrected chi connectivity index (χ1v) is 10.0. The van der Waals surface area contributed by atoms with Crippen LogP contribution in [0.5, 0.6) is 0 Å². The summed E-state index contributed by atoms with van der Waals surface area (Å²) < 4.78 is 28.9. The Labute approximate surface area is 145 Å². The van der Waals surface area contributed by atoms with Gasteiger partial charge in [0.1, 0.15) is 4.90 Å². The van der Waals surface area contributed by atoms with E-state index in [4.69, 9.17) is 0 Å². The van der Waals surface area contributed by atoms with Gasteiger partial charge in [0.15, 0.2) is 0 Å². The summed E-state index contributed by atoms with van der Waals surface area (Å²) in [4.78, 5) is 14.3. The second-order valence-electron chi connectivity index (χ2n) is 5.83. The summed E-state index contributed by atoms with van der Waals surface area (Å²) in [5, 5.41) is 7.87. The fourth-order valence-electron chi connectivity index (χ4n) is 2.96. The van der Waals surface area contributed by atoms with Gasteiger partial charge in [0.25, 0.3) is 5.91 Å². The lowest BCUT2D eigenvalue weighted by Gasteiger charge is -2.33. The van der Waals surface area contributed by atoms with Crippen molar-refractivity contribution in [3.8, 4) is 0 Å². The van der Waals surface area contributed by atoms with Crippen molar-refractivity contribution >= 4 is 27.3 Å². The van der Waals surface area contributed by atoms with Crippen LogP contribution in [0.15, 0.2) is 21.7 Å². The molecule has 2 aromatic rings. The fraction of sp³-hybridized carbons (Fsp3) is 0.467. The molecule has 9 heteroatoms. The minimum Gasteiger partial charge on any atom is -0.336 e. The van der Waals surface area contributed by atoms with E-state index in [1.807, 2.05) is 10.8 Å². The zero-order valence-corrected chi connectivity index (χ0v) is 15.5. The standard InChI is InChI=1S/C15H20N4O3S2/c1-11-14(12(2)17(3)16-11)24(21,22)19-7-5-18(6-8-19)15(20)13-4-9-23-10-13/h4,9-10H,5-8H2,1-3H3. The second kappa shape index (κ2) is 6.30. The number of piperazine rings is 1. The number of amides is 1. The van der Waals surface area contributed by atoms with Crippen molar-refractivity contribution in [3.63, 3.8) is 0 Å². The molecule has 0 unspecified atom stereocenters. The third kappa shape index (κ3) is 2.87. The van der Waals surface area contributed by atoms with Crippen LogP contribution in [0, 0.1) is 13.8 Å². The lowest BCUT2D eigenvalue weighted by atomic mass is 10.2. The Kier molecular flexibility index (Phi) is 4.50. The molecule has 1 aliphatic heterocycles. The van der Waals surface area contributed by atoms with Gasteiger partial charge in [-0.3, -0.25) is 9.48 Å². The van der Waals surface area contributed by atoms with Crippen molar-refractivity contribution in [2.75, 3.05) is 26.2 Å². The lowest BCUT2D eigenvalue weighted by molar-refractivity contribution is 0.0698. The van der Waals surface area contributed by atoms with Gasteiger partial charge in [-0.05, 0) is 25.3 Å². The first kappa shape index (κ1) is 17.1. The predicted octanol–water partition coefficient (Wildman–Crippen LogP) is 1.25. The molecule has 0 aromatic carbocycles. The molecule has 0 saturated carbocycles. The second-order valence-corrected chi connectivity index (χ2v) is 8.49. The van der Waals surface area contributed by atoms with Crippen LogP contribution in [0.3, 0.4) is 0 Å². The van der Waals surface area contributed by atoms with E-state index in [0.29, 0.717) is 43.1 Å². The largest absolute Gasteiger partial charge is 0.336 e. The summed E-state index contributed by atoms with van der Waals surface area (Å²) in [6, 6.07) is 1.79. The first-order valence-electron chi connectivity index (χ1n) is 7.64. The van der Waals surface area contributed by atoms with Gasteiger partial charge in [0.2, 0.25) is 10.0 Å². The predicted molar refractivity (Wildman–Crippen MR) is 91.7 cm³/mol. The Morgan fingerprint density at radius 2 is 1.88 bits per heavy atom. The Hall–Kier alpha value is -1.71. The van der Waals surface area contributed by atoms with Gasteiger partial charge < -0.3 is 4.90 Å². The molecule has 1 fully saturated rings. The molecule has 0 atom stereocenters. The van der Waals surface area contributed by atoms with E-state index >= 15 is 0 Å². The minimum absolute atomic E-state index is 0.0398. The lowest BCUT2D eigenvalue weighted by Crippen LogP contribution is -2.50. The van der Waals surface area contributed by atoms with Crippen LogP contribution in [0.1, 0.15) is 21.7 Å². The highest BCUT2D eigenvalue weighted by Crippen LogP contribution is 2.24. The van der Waals surface area contributed by atoms with E-state index in [2.05, 4.69) is 5.10 Å². The Balaban J connectivity index is 1.75. The van der Waals surface area contributed by atoms with E-state index in [1.54, 1.807) is 36.5 Å². The van der Waals surface area contributed by atoms with E-state index < -0.39 is 10.0 Å². The molecule has 0 spiro atoms. The first-order chi connectivity index (χ1) is 11.3. The summed E-state index contributed by atoms with van der Waals surface area (Å²) in [5.74, 6) is -0.0398. The molecule has 3 rings (SSSR count). The smallest absolute Gasteiger partial charge is 0.254 e. The van der Waals surface area contributed by atoms with Crippen molar-refractivity contribution < 1.29 is 13.2 Å². The van der Waals surface area contributed by atoms with Crippen LogP contribution in [0.4, 0.5) is 0 Å². The number of hydrogen-bond acceptors (Lipinski definition) is 5. The number of sulfonamides is 1. The molecule has 1 aliphatic rings. The summed E-state index contributed by atoms with van der Waals surface area (Å²) in [6.45, 7) is 4.84. The maximum absolute atomic E-state index is 12.9. The third-order valence-corrected chi connectivity index (χ3v) is 7.17. The van der Waals surface area contributed by atoms with Crippen LogP contribution in [0.25, 0.3) is 0 Å². The summed E-state index contributed by atoms with van der Waals surface area (Å²) in [7, 11) is -1.86. The quantitative estimate of drug-likeness (QED) is 0.817. The number of aryl methyl sites for hydroxylation is 2. The molecule has 0 N–H and O–H groups in total. The summed E-state index contributed by atoms with van der Waals surface area (Å²) in [5.41, 5.74) is 1.80. The molecule has 0 bridgehead atoms. The monoisotopic (exact) mass is 368 g/mol. The summed E-state index contributed by atoms with van der Waals surface area (Å²) >= 11 is 1.48. The average Bonchev–Trinajstić information content (AvgIpc) is 3.16. The number of thiophene rings is 1. The van der Waals surface area contributed by atoms with Crippen molar-refractivity contribution in [2.45, 2.75) is 18.7 Å². The molecular formula is C15H20N4O3S2. The summed E-state index contributed by atoms with van der Waals surface area (Å²) in [6.07, 6.45) is 0. The number of carbonyl (C=O) groups is 1. The number of carbonyl (C=O) groups excluding carboxylic acids is 1. The highest BCUT2D eigenvalue weighted by Gasteiger charge is 2.34. The topological polar surface area (TPSA) is 75.5 Å². The van der Waals surface area contributed by atoms with Crippen molar-refractivity contribution in [1.82, 2.24) is 19.0 Å². The van der Waals surface area contributed by atoms with Gasteiger partial charge in [0, 0.05) is 38.6 Å². The SMILES string of the molecule is Cc1nn(C)c(C)c1S(=O)(=O)N1CCN(C(=O)c2ccsc2)CC1. The Bertz CT molecular complexity index is 848. The van der Waals surface area contributed by atoms with Crippen molar-refractivity contribution in [3.05, 3.63) is 33.8 Å². The average molecular weight is 368 g/mol. The molecule has 1 saturated heterocycles. The van der Waals surface area contributed by atoms with Gasteiger partial charge in [0.05, 0.1) is 17.0 Å². The molecular weight excluding hydrogens is 348 g/mol. The number of hydrogen-bond donors (Lipinski definition) is 0. The van der Waals surface area contributed by atoms with Gasteiger partial charge in [-0.1, -0.05) is 0 Å². The molecule has 1 amide bonds. The maximum atomic E-state index is 12.9. The van der Waals surface area contributed by atoms with Gasteiger partial charge >= 0.3 is 0 Å². The normalized spacial score (nSPS) is 16.5. The van der Waals surface area contributed by atoms with Crippen LogP contribution in [0.2, 0.25) is 0 Å². The fourth-order valence-corrected chi connectivity index (χ4v) is 5.41. The van der Waals surface area contributed by atoms with Crippen LogP contribution in [-0.2, 0) is 17.1 Å². The maximum Gasteiger partial charge on any atom is 0.254 e. The van der Waals surface area contributed by atoms with E-state index in [0.717, 1.165) is 0 Å². The number of nitrogens with zero attached hydrogens (tertiary/aromatic N) is 4.